The molecule has 0 amide bonds. The summed E-state index contributed by atoms with van der Waals surface area (Å²) in [4.78, 5) is 8.54. The Balaban J connectivity index is 1.97. The van der Waals surface area contributed by atoms with E-state index in [1.807, 2.05) is 4.68 Å². The third-order valence-corrected chi connectivity index (χ3v) is 2.73. The van der Waals surface area contributed by atoms with Crippen LogP contribution >= 0.6 is 0 Å². The summed E-state index contributed by atoms with van der Waals surface area (Å²) in [5, 5.41) is 11.9. The lowest BCUT2D eigenvalue weighted by atomic mass is 10.4. The first-order chi connectivity index (χ1) is 9.20. The molecule has 0 unspecified atom stereocenters. The van der Waals surface area contributed by atoms with Crippen LogP contribution in [0, 0.1) is 0 Å². The van der Waals surface area contributed by atoms with Gasteiger partial charge in [0.2, 0.25) is 0 Å². The van der Waals surface area contributed by atoms with E-state index in [0.29, 0.717) is 19.1 Å². The maximum Gasteiger partial charge on any atom is 0.164 e. The Morgan fingerprint density at radius 3 is 2.89 bits per heavy atom. The zero-order valence-corrected chi connectivity index (χ0v) is 11.7. The van der Waals surface area contributed by atoms with E-state index in [-0.39, 0.29) is 0 Å². The molecule has 0 aliphatic rings. The maximum atomic E-state index is 4.42. The van der Waals surface area contributed by atoms with Crippen molar-refractivity contribution in [2.24, 2.45) is 0 Å². The minimum atomic E-state index is 0.298. The molecule has 0 aliphatic heterocycles. The minimum Gasteiger partial charge on any atom is -0.310 e. The fourth-order valence-electron chi connectivity index (χ4n) is 1.83. The van der Waals surface area contributed by atoms with Gasteiger partial charge in [-0.2, -0.15) is 10.2 Å². The zero-order chi connectivity index (χ0) is 13.7. The third kappa shape index (κ3) is 3.60. The van der Waals surface area contributed by atoms with E-state index in [0.717, 1.165) is 24.6 Å². The summed E-state index contributed by atoms with van der Waals surface area (Å²) in [6, 6.07) is 0.298. The molecule has 104 valence electrons. The Bertz CT molecular complexity index is 500. The van der Waals surface area contributed by atoms with Gasteiger partial charge in [0.25, 0.3) is 0 Å². The molecule has 1 N–H and O–H groups in total. The lowest BCUT2D eigenvalue weighted by molar-refractivity contribution is 0.486. The van der Waals surface area contributed by atoms with Crippen molar-refractivity contribution in [2.75, 3.05) is 6.54 Å². The number of nitrogens with one attached hydrogen (secondary N) is 1. The van der Waals surface area contributed by atoms with Crippen molar-refractivity contribution in [3.63, 3.8) is 0 Å². The second kappa shape index (κ2) is 6.42. The second-order valence-corrected chi connectivity index (χ2v) is 4.75. The molecule has 2 aromatic rings. The van der Waals surface area contributed by atoms with Crippen LogP contribution < -0.4 is 5.32 Å². The van der Waals surface area contributed by atoms with Crippen LogP contribution in [-0.4, -0.2) is 36.1 Å². The highest BCUT2D eigenvalue weighted by Crippen LogP contribution is 2.06. The van der Waals surface area contributed by atoms with Crippen LogP contribution in [0.1, 0.15) is 44.9 Å². The quantitative estimate of drug-likeness (QED) is 0.754. The molecule has 0 spiro atoms. The van der Waals surface area contributed by atoms with Crippen LogP contribution in [-0.2, 0) is 13.1 Å². The van der Waals surface area contributed by atoms with E-state index in [1.54, 1.807) is 17.3 Å². The van der Waals surface area contributed by atoms with Gasteiger partial charge in [0.15, 0.2) is 5.82 Å². The van der Waals surface area contributed by atoms with Crippen molar-refractivity contribution in [3.8, 4) is 0 Å². The van der Waals surface area contributed by atoms with E-state index in [1.165, 1.54) is 0 Å². The van der Waals surface area contributed by atoms with Crippen molar-refractivity contribution in [2.45, 2.75) is 46.3 Å². The number of hydrogen-bond acceptors (Lipinski definition) is 5. The summed E-state index contributed by atoms with van der Waals surface area (Å²) in [5.41, 5.74) is 0. The normalized spacial score (nSPS) is 11.4. The highest BCUT2D eigenvalue weighted by molar-refractivity contribution is 4.89. The van der Waals surface area contributed by atoms with Crippen molar-refractivity contribution in [3.05, 3.63) is 24.3 Å². The molecule has 0 saturated carbocycles. The number of aromatic nitrogens is 6. The monoisotopic (exact) mass is 263 g/mol. The molecular weight excluding hydrogens is 242 g/mol. The van der Waals surface area contributed by atoms with E-state index in [9.17, 15) is 0 Å². The van der Waals surface area contributed by atoms with Gasteiger partial charge in [-0.3, -0.25) is 0 Å². The molecule has 0 aromatic carbocycles. The van der Waals surface area contributed by atoms with Crippen LogP contribution in [0.15, 0.2) is 12.7 Å². The molecule has 2 aromatic heterocycles. The second-order valence-electron chi connectivity index (χ2n) is 4.75. The van der Waals surface area contributed by atoms with Crippen LogP contribution in [0.3, 0.4) is 0 Å². The van der Waals surface area contributed by atoms with Crippen LogP contribution in [0.2, 0.25) is 0 Å². The minimum absolute atomic E-state index is 0.298. The van der Waals surface area contributed by atoms with E-state index < -0.39 is 0 Å². The maximum absolute atomic E-state index is 4.42. The molecule has 0 atom stereocenters. The fraction of sp³-hybridized carbons (Fsp3) is 0.667. The van der Waals surface area contributed by atoms with Crippen LogP contribution in [0.25, 0.3) is 0 Å². The van der Waals surface area contributed by atoms with Crippen LogP contribution in [0.5, 0.6) is 0 Å². The highest BCUT2D eigenvalue weighted by Gasteiger charge is 2.09. The smallest absolute Gasteiger partial charge is 0.164 e. The van der Waals surface area contributed by atoms with Gasteiger partial charge in [0.05, 0.1) is 6.54 Å². The lowest BCUT2D eigenvalue weighted by Crippen LogP contribution is -2.16. The Kier molecular flexibility index (Phi) is 4.62. The Morgan fingerprint density at radius 2 is 2.16 bits per heavy atom. The van der Waals surface area contributed by atoms with Gasteiger partial charge in [0.1, 0.15) is 25.0 Å². The molecule has 7 nitrogen and oxygen atoms in total. The number of rotatable bonds is 7. The van der Waals surface area contributed by atoms with Gasteiger partial charge in [-0.25, -0.2) is 19.3 Å². The van der Waals surface area contributed by atoms with Gasteiger partial charge in [-0.05, 0) is 26.8 Å². The molecule has 19 heavy (non-hydrogen) atoms. The standard InChI is InChI=1S/C12H21N7/c1-4-5-13-6-11-15-9-18(17-11)7-12-14-8-16-19(12)10(2)3/h8-10,13H,4-7H2,1-3H3. The highest BCUT2D eigenvalue weighted by atomic mass is 15.4. The van der Waals surface area contributed by atoms with Gasteiger partial charge < -0.3 is 5.32 Å². The van der Waals surface area contributed by atoms with Gasteiger partial charge in [0, 0.05) is 6.04 Å². The molecular formula is C12H21N7. The Hall–Kier alpha value is -1.76. The summed E-state index contributed by atoms with van der Waals surface area (Å²) < 4.78 is 3.70. The molecule has 7 heteroatoms. The zero-order valence-electron chi connectivity index (χ0n) is 11.7. The van der Waals surface area contributed by atoms with Crippen LogP contribution in [0.4, 0.5) is 0 Å². The topological polar surface area (TPSA) is 73.5 Å². The molecule has 0 saturated heterocycles. The van der Waals surface area contributed by atoms with Crippen molar-refractivity contribution < 1.29 is 0 Å². The predicted octanol–water partition coefficient (Wildman–Crippen LogP) is 0.998. The summed E-state index contributed by atoms with van der Waals surface area (Å²) in [6.45, 7) is 8.59. The van der Waals surface area contributed by atoms with Gasteiger partial charge in [-0.15, -0.1) is 0 Å². The van der Waals surface area contributed by atoms with Gasteiger partial charge >= 0.3 is 0 Å². The largest absolute Gasteiger partial charge is 0.310 e. The summed E-state index contributed by atoms with van der Waals surface area (Å²) in [7, 11) is 0. The van der Waals surface area contributed by atoms with E-state index in [2.05, 4.69) is 46.3 Å². The summed E-state index contributed by atoms with van der Waals surface area (Å²) >= 11 is 0. The molecule has 2 heterocycles. The van der Waals surface area contributed by atoms with Gasteiger partial charge in [-0.1, -0.05) is 6.92 Å². The first-order valence-electron chi connectivity index (χ1n) is 6.68. The van der Waals surface area contributed by atoms with Crippen molar-refractivity contribution in [1.29, 1.82) is 0 Å². The summed E-state index contributed by atoms with van der Waals surface area (Å²) in [6.07, 6.45) is 4.43. The molecule has 0 fully saturated rings. The molecule has 0 aliphatic carbocycles. The molecule has 0 bridgehead atoms. The predicted molar refractivity (Wildman–Crippen MR) is 71.5 cm³/mol. The number of nitrogens with zero attached hydrogens (tertiary/aromatic N) is 6. The average molecular weight is 263 g/mol. The SMILES string of the molecule is CCCNCc1ncn(Cc2ncnn2C(C)C)n1. The fourth-order valence-corrected chi connectivity index (χ4v) is 1.83. The van der Waals surface area contributed by atoms with Crippen molar-refractivity contribution >= 4 is 0 Å². The molecule has 0 radical (unpaired) electrons. The third-order valence-electron chi connectivity index (χ3n) is 2.73. The first-order valence-corrected chi connectivity index (χ1v) is 6.68. The van der Waals surface area contributed by atoms with Crippen molar-refractivity contribution in [1.82, 2.24) is 34.8 Å². The summed E-state index contributed by atoms with van der Waals surface area (Å²) in [5.74, 6) is 1.71. The van der Waals surface area contributed by atoms with E-state index in [4.69, 9.17) is 0 Å². The van der Waals surface area contributed by atoms with E-state index >= 15 is 0 Å². The Labute approximate surface area is 113 Å². The molecule has 2 rings (SSSR count). The average Bonchev–Trinajstić information content (AvgIpc) is 2.99. The lowest BCUT2D eigenvalue weighted by Gasteiger charge is -2.08. The Morgan fingerprint density at radius 1 is 1.32 bits per heavy atom. The number of hydrogen-bond donors (Lipinski definition) is 1. The first kappa shape index (κ1) is 13.7.